The summed E-state index contributed by atoms with van der Waals surface area (Å²) in [6.07, 6.45) is 17.5. The molecule has 0 fully saturated rings. The van der Waals surface area contributed by atoms with Gasteiger partial charge in [-0.05, 0) is 38.5 Å². The number of rotatable bonds is 17. The Balaban J connectivity index is 3.80. The van der Waals surface area contributed by atoms with Crippen LogP contribution in [0.15, 0.2) is 12.2 Å². The zero-order valence-corrected chi connectivity index (χ0v) is 17.4. The Kier molecular flexibility index (Phi) is 13.7. The average Bonchev–Trinajstić information content (AvgIpc) is 2.57. The molecule has 0 heterocycles. The number of unbranched alkanes of at least 4 members (excludes halogenated alkanes) is 10. The molecule has 0 radical (unpaired) electrons. The minimum Gasteiger partial charge on any atom is -0.480 e. The van der Waals surface area contributed by atoms with Gasteiger partial charge in [0.15, 0.2) is 4.75 Å². The molecule has 5 nitrogen and oxygen atoms in total. The summed E-state index contributed by atoms with van der Waals surface area (Å²) in [5.41, 5.74) is 0. The van der Waals surface area contributed by atoms with Crippen molar-refractivity contribution in [1.82, 2.24) is 0 Å². The first-order valence-corrected chi connectivity index (χ1v) is 11.6. The van der Waals surface area contributed by atoms with Crippen LogP contribution < -0.4 is 0 Å². The van der Waals surface area contributed by atoms with E-state index in [4.69, 9.17) is 0 Å². The summed E-state index contributed by atoms with van der Waals surface area (Å²) >= 11 is 0. The number of carboxylic acid groups (broad SMARTS) is 1. The molecule has 154 valence electrons. The lowest BCUT2D eigenvalue weighted by molar-refractivity contribution is -0.140. The first-order chi connectivity index (χ1) is 12.3. The predicted molar refractivity (Wildman–Crippen MR) is 107 cm³/mol. The van der Waals surface area contributed by atoms with Crippen LogP contribution in [-0.2, 0) is 14.9 Å². The van der Waals surface area contributed by atoms with Crippen molar-refractivity contribution in [2.45, 2.75) is 108 Å². The highest BCUT2D eigenvalue weighted by Crippen LogP contribution is 2.28. The Morgan fingerprint density at radius 1 is 0.846 bits per heavy atom. The highest BCUT2D eigenvalue weighted by molar-refractivity contribution is 7.88. The molecule has 0 rings (SSSR count). The van der Waals surface area contributed by atoms with Crippen LogP contribution >= 0.6 is 0 Å². The van der Waals surface area contributed by atoms with E-state index in [-0.39, 0.29) is 12.8 Å². The Morgan fingerprint density at radius 3 is 1.73 bits per heavy atom. The Labute approximate surface area is 160 Å². The van der Waals surface area contributed by atoms with E-state index in [2.05, 4.69) is 19.1 Å². The smallest absolute Gasteiger partial charge is 0.327 e. The highest BCUT2D eigenvalue weighted by atomic mass is 32.2. The molecular weight excluding hydrogens is 352 g/mol. The number of allylic oxidation sites excluding steroid dienone is 2. The van der Waals surface area contributed by atoms with Crippen LogP contribution in [0.5, 0.6) is 0 Å². The standard InChI is InChI=1S/C20H38O5S/c1-3-5-6-7-8-9-10-11-12-13-14-15-16-17-18-20(4-2,19(21)22)26(23,24)25/h11-12H,3-10,13-18H2,1-2H3,(H,21,22)(H,23,24,25)/b12-11-. The van der Waals surface area contributed by atoms with Gasteiger partial charge in [-0.15, -0.1) is 0 Å². The first kappa shape index (κ1) is 25.1. The highest BCUT2D eigenvalue weighted by Gasteiger charge is 2.48. The predicted octanol–water partition coefficient (Wildman–Crippen LogP) is 5.76. The van der Waals surface area contributed by atoms with Crippen LogP contribution in [0, 0.1) is 0 Å². The molecule has 1 unspecified atom stereocenters. The Morgan fingerprint density at radius 2 is 1.31 bits per heavy atom. The normalized spacial score (nSPS) is 14.6. The third kappa shape index (κ3) is 9.72. The number of hydrogen-bond donors (Lipinski definition) is 2. The summed E-state index contributed by atoms with van der Waals surface area (Å²) in [5.74, 6) is -1.46. The van der Waals surface area contributed by atoms with Gasteiger partial charge in [-0.3, -0.25) is 9.35 Å². The quantitative estimate of drug-likeness (QED) is 0.187. The van der Waals surface area contributed by atoms with Crippen molar-refractivity contribution in [3.05, 3.63) is 12.2 Å². The van der Waals surface area contributed by atoms with Gasteiger partial charge < -0.3 is 5.11 Å². The van der Waals surface area contributed by atoms with Crippen LogP contribution in [0.3, 0.4) is 0 Å². The maximum absolute atomic E-state index is 11.5. The SMILES string of the molecule is CCCCCCCC/C=C\CCCCCCC(CC)(C(=O)O)S(=O)(=O)O. The Hall–Kier alpha value is -0.880. The van der Waals surface area contributed by atoms with Crippen molar-refractivity contribution in [2.24, 2.45) is 0 Å². The van der Waals surface area contributed by atoms with E-state index in [1.54, 1.807) is 0 Å². The van der Waals surface area contributed by atoms with Gasteiger partial charge in [0.05, 0.1) is 0 Å². The van der Waals surface area contributed by atoms with Gasteiger partial charge in [0.25, 0.3) is 10.1 Å². The molecule has 0 aromatic heterocycles. The molecule has 0 spiro atoms. The molecule has 6 heteroatoms. The summed E-state index contributed by atoms with van der Waals surface area (Å²) < 4.78 is 30.1. The van der Waals surface area contributed by atoms with E-state index in [9.17, 15) is 22.9 Å². The molecule has 0 aromatic rings. The lowest BCUT2D eigenvalue weighted by atomic mass is 9.97. The van der Waals surface area contributed by atoms with E-state index >= 15 is 0 Å². The second kappa shape index (κ2) is 14.2. The topological polar surface area (TPSA) is 91.7 Å². The molecule has 2 N–H and O–H groups in total. The average molecular weight is 391 g/mol. The summed E-state index contributed by atoms with van der Waals surface area (Å²) in [4.78, 5) is 11.3. The van der Waals surface area contributed by atoms with Crippen molar-refractivity contribution >= 4 is 16.1 Å². The van der Waals surface area contributed by atoms with Crippen molar-refractivity contribution in [3.8, 4) is 0 Å². The lowest BCUT2D eigenvalue weighted by Crippen LogP contribution is -2.45. The van der Waals surface area contributed by atoms with Crippen molar-refractivity contribution in [1.29, 1.82) is 0 Å². The van der Waals surface area contributed by atoms with Gasteiger partial charge in [0.1, 0.15) is 0 Å². The summed E-state index contributed by atoms with van der Waals surface area (Å²) in [6.45, 7) is 3.71. The van der Waals surface area contributed by atoms with Crippen LogP contribution in [0.25, 0.3) is 0 Å². The molecule has 0 saturated carbocycles. The fourth-order valence-electron chi connectivity index (χ4n) is 3.16. The fourth-order valence-corrected chi connectivity index (χ4v) is 4.15. The molecule has 0 aromatic carbocycles. The van der Waals surface area contributed by atoms with Gasteiger partial charge in [-0.25, -0.2) is 0 Å². The third-order valence-corrected chi connectivity index (χ3v) is 6.70. The number of hydrogen-bond acceptors (Lipinski definition) is 3. The third-order valence-electron chi connectivity index (χ3n) is 5.05. The van der Waals surface area contributed by atoms with Crippen LogP contribution in [0.1, 0.15) is 104 Å². The largest absolute Gasteiger partial charge is 0.480 e. The second-order valence-corrected chi connectivity index (χ2v) is 8.84. The molecular formula is C20H38O5S. The van der Waals surface area contributed by atoms with E-state index in [0.717, 1.165) is 32.1 Å². The van der Waals surface area contributed by atoms with Crippen molar-refractivity contribution in [2.75, 3.05) is 0 Å². The lowest BCUT2D eigenvalue weighted by Gasteiger charge is -2.24. The molecule has 0 aliphatic rings. The molecule has 26 heavy (non-hydrogen) atoms. The second-order valence-electron chi connectivity index (χ2n) is 7.11. The van der Waals surface area contributed by atoms with Gasteiger partial charge in [-0.2, -0.15) is 8.42 Å². The molecule has 0 aliphatic carbocycles. The molecule has 0 amide bonds. The van der Waals surface area contributed by atoms with E-state index in [0.29, 0.717) is 6.42 Å². The van der Waals surface area contributed by atoms with Gasteiger partial charge in [-0.1, -0.05) is 77.4 Å². The van der Waals surface area contributed by atoms with E-state index < -0.39 is 20.8 Å². The first-order valence-electron chi connectivity index (χ1n) is 10.2. The summed E-state index contributed by atoms with van der Waals surface area (Å²) in [7, 11) is -4.60. The number of aliphatic carboxylic acids is 1. The molecule has 0 aliphatic heterocycles. The van der Waals surface area contributed by atoms with Gasteiger partial charge in [0, 0.05) is 0 Å². The van der Waals surface area contributed by atoms with E-state index in [1.807, 2.05) is 0 Å². The maximum atomic E-state index is 11.5. The van der Waals surface area contributed by atoms with Crippen LogP contribution in [-0.4, -0.2) is 28.8 Å². The maximum Gasteiger partial charge on any atom is 0.327 e. The zero-order chi connectivity index (χ0) is 19.9. The molecule has 0 bridgehead atoms. The molecule has 0 saturated heterocycles. The zero-order valence-electron chi connectivity index (χ0n) is 16.6. The van der Waals surface area contributed by atoms with Gasteiger partial charge >= 0.3 is 5.97 Å². The van der Waals surface area contributed by atoms with Crippen LogP contribution in [0.2, 0.25) is 0 Å². The van der Waals surface area contributed by atoms with Crippen LogP contribution in [0.4, 0.5) is 0 Å². The minimum atomic E-state index is -4.60. The fraction of sp³-hybridized carbons (Fsp3) is 0.850. The Bertz CT molecular complexity index is 498. The summed E-state index contributed by atoms with van der Waals surface area (Å²) in [6, 6.07) is 0. The van der Waals surface area contributed by atoms with Crippen molar-refractivity contribution < 1.29 is 22.9 Å². The number of carbonyl (C=O) groups is 1. The van der Waals surface area contributed by atoms with Gasteiger partial charge in [0.2, 0.25) is 0 Å². The minimum absolute atomic E-state index is 0.0362. The molecule has 1 atom stereocenters. The summed E-state index contributed by atoms with van der Waals surface area (Å²) in [5, 5.41) is 9.21. The van der Waals surface area contributed by atoms with Crippen molar-refractivity contribution in [3.63, 3.8) is 0 Å². The monoisotopic (exact) mass is 390 g/mol. The van der Waals surface area contributed by atoms with E-state index in [1.165, 1.54) is 45.4 Å². The number of carboxylic acids is 1.